The van der Waals surface area contributed by atoms with Gasteiger partial charge in [-0.05, 0) is 61.1 Å². The molecule has 0 bridgehead atoms. The first-order valence-electron chi connectivity index (χ1n) is 12.3. The number of nitrogens with one attached hydrogen (secondary N) is 1. The van der Waals surface area contributed by atoms with Gasteiger partial charge in [-0.2, -0.15) is 0 Å². The van der Waals surface area contributed by atoms with Gasteiger partial charge in [0.25, 0.3) is 5.91 Å². The van der Waals surface area contributed by atoms with Crippen molar-refractivity contribution in [3.05, 3.63) is 59.7 Å². The van der Waals surface area contributed by atoms with Crippen molar-refractivity contribution < 1.29 is 19.1 Å². The molecule has 0 saturated heterocycles. The number of nitrogens with zero attached hydrogens (tertiary/aromatic N) is 1. The minimum Gasteiger partial charge on any atom is -0.497 e. The van der Waals surface area contributed by atoms with E-state index in [1.165, 1.54) is 12.0 Å². The van der Waals surface area contributed by atoms with Crippen molar-refractivity contribution in [2.24, 2.45) is 0 Å². The second kappa shape index (κ2) is 12.4. The molecule has 184 valence electrons. The summed E-state index contributed by atoms with van der Waals surface area (Å²) in [4.78, 5) is 27.9. The molecule has 0 unspecified atom stereocenters. The van der Waals surface area contributed by atoms with E-state index in [1.54, 1.807) is 18.9 Å². The predicted octanol–water partition coefficient (Wildman–Crippen LogP) is 5.06. The van der Waals surface area contributed by atoms with Crippen molar-refractivity contribution in [2.45, 2.75) is 77.4 Å². The molecule has 2 aromatic carbocycles. The lowest BCUT2D eigenvalue weighted by atomic mass is 9.95. The average Bonchev–Trinajstić information content (AvgIpc) is 2.86. The molecule has 6 heteroatoms. The molecule has 2 aromatic rings. The van der Waals surface area contributed by atoms with Crippen LogP contribution in [0.5, 0.6) is 11.5 Å². The highest BCUT2D eigenvalue weighted by atomic mass is 16.5. The molecule has 34 heavy (non-hydrogen) atoms. The van der Waals surface area contributed by atoms with Gasteiger partial charge in [-0.3, -0.25) is 9.59 Å². The number of ether oxygens (including phenoxy) is 2. The zero-order chi connectivity index (χ0) is 24.5. The molecule has 1 atom stereocenters. The van der Waals surface area contributed by atoms with Gasteiger partial charge in [-0.15, -0.1) is 0 Å². The molecule has 1 saturated carbocycles. The quantitative estimate of drug-likeness (QED) is 0.531. The maximum atomic E-state index is 13.3. The van der Waals surface area contributed by atoms with Crippen LogP contribution in [0.4, 0.5) is 0 Å². The van der Waals surface area contributed by atoms with Gasteiger partial charge < -0.3 is 19.7 Å². The number of amides is 2. The standard InChI is InChI=1S/C28H38N2O4/c1-20(2)23-12-16-26(17-13-23)34-19-27(31)30(18-22-10-14-25(33-4)15-11-22)21(3)28(32)29-24-8-6-5-7-9-24/h10-17,20-21,24H,5-9,18-19H2,1-4H3,(H,29,32)/t21-/m1/s1. The number of carbonyl (C=O) groups is 2. The lowest BCUT2D eigenvalue weighted by molar-refractivity contribution is -0.142. The van der Waals surface area contributed by atoms with Crippen molar-refractivity contribution in [1.29, 1.82) is 0 Å². The largest absolute Gasteiger partial charge is 0.497 e. The second-order valence-electron chi connectivity index (χ2n) is 9.40. The van der Waals surface area contributed by atoms with E-state index in [9.17, 15) is 9.59 Å². The van der Waals surface area contributed by atoms with E-state index >= 15 is 0 Å². The van der Waals surface area contributed by atoms with Crippen LogP contribution in [0.1, 0.15) is 69.9 Å². The molecule has 0 aliphatic heterocycles. The molecule has 2 amide bonds. The third-order valence-corrected chi connectivity index (χ3v) is 6.54. The summed E-state index contributed by atoms with van der Waals surface area (Å²) in [5, 5.41) is 3.15. The molecule has 1 aliphatic carbocycles. The summed E-state index contributed by atoms with van der Waals surface area (Å²) in [5.74, 6) is 1.48. The van der Waals surface area contributed by atoms with Crippen molar-refractivity contribution in [1.82, 2.24) is 10.2 Å². The van der Waals surface area contributed by atoms with Crippen LogP contribution in [0.2, 0.25) is 0 Å². The van der Waals surface area contributed by atoms with E-state index in [0.29, 0.717) is 18.2 Å². The maximum Gasteiger partial charge on any atom is 0.261 e. The van der Waals surface area contributed by atoms with E-state index in [0.717, 1.165) is 37.0 Å². The summed E-state index contributed by atoms with van der Waals surface area (Å²) in [6.07, 6.45) is 5.49. The van der Waals surface area contributed by atoms with E-state index in [-0.39, 0.29) is 24.5 Å². The van der Waals surface area contributed by atoms with Gasteiger partial charge in [0.15, 0.2) is 6.61 Å². The van der Waals surface area contributed by atoms with Crippen LogP contribution in [-0.4, -0.2) is 42.5 Å². The highest BCUT2D eigenvalue weighted by Gasteiger charge is 2.28. The summed E-state index contributed by atoms with van der Waals surface area (Å²) in [5.41, 5.74) is 2.14. The molecule has 0 heterocycles. The Bertz CT molecular complexity index is 918. The first-order chi connectivity index (χ1) is 16.4. The Hall–Kier alpha value is -3.02. The van der Waals surface area contributed by atoms with Crippen LogP contribution in [-0.2, 0) is 16.1 Å². The Morgan fingerprint density at radius 2 is 1.56 bits per heavy atom. The SMILES string of the molecule is COc1ccc(CN(C(=O)COc2ccc(C(C)C)cc2)[C@H](C)C(=O)NC2CCCCC2)cc1. The third kappa shape index (κ3) is 7.24. The van der Waals surface area contributed by atoms with Crippen LogP contribution < -0.4 is 14.8 Å². The number of rotatable bonds is 10. The molecule has 1 aliphatic rings. The fourth-order valence-electron chi connectivity index (χ4n) is 4.26. The number of benzene rings is 2. The summed E-state index contributed by atoms with van der Waals surface area (Å²) in [7, 11) is 1.62. The monoisotopic (exact) mass is 466 g/mol. The van der Waals surface area contributed by atoms with Gasteiger partial charge >= 0.3 is 0 Å². The van der Waals surface area contributed by atoms with Gasteiger partial charge in [0.05, 0.1) is 7.11 Å². The Morgan fingerprint density at radius 1 is 0.941 bits per heavy atom. The van der Waals surface area contributed by atoms with Crippen LogP contribution in [0.15, 0.2) is 48.5 Å². The summed E-state index contributed by atoms with van der Waals surface area (Å²) in [6, 6.07) is 14.9. The van der Waals surface area contributed by atoms with E-state index in [4.69, 9.17) is 9.47 Å². The number of methoxy groups -OCH3 is 1. The summed E-state index contributed by atoms with van der Waals surface area (Å²) >= 11 is 0. The molecule has 1 fully saturated rings. The van der Waals surface area contributed by atoms with Crippen molar-refractivity contribution in [2.75, 3.05) is 13.7 Å². The Kier molecular flexibility index (Phi) is 9.37. The molecule has 0 radical (unpaired) electrons. The summed E-state index contributed by atoms with van der Waals surface area (Å²) < 4.78 is 11.0. The smallest absolute Gasteiger partial charge is 0.261 e. The molecular weight excluding hydrogens is 428 g/mol. The topological polar surface area (TPSA) is 67.9 Å². The first kappa shape index (κ1) is 25.6. The third-order valence-electron chi connectivity index (χ3n) is 6.54. The van der Waals surface area contributed by atoms with Crippen LogP contribution in [0.3, 0.4) is 0 Å². The van der Waals surface area contributed by atoms with Crippen molar-refractivity contribution in [3.8, 4) is 11.5 Å². The minimum absolute atomic E-state index is 0.116. The van der Waals surface area contributed by atoms with Gasteiger partial charge in [-0.25, -0.2) is 0 Å². The number of hydrogen-bond acceptors (Lipinski definition) is 4. The molecule has 0 aromatic heterocycles. The Morgan fingerprint density at radius 3 is 2.15 bits per heavy atom. The average molecular weight is 467 g/mol. The second-order valence-corrected chi connectivity index (χ2v) is 9.40. The lowest BCUT2D eigenvalue weighted by Crippen LogP contribution is -2.51. The normalized spacial score (nSPS) is 15.0. The van der Waals surface area contributed by atoms with Gasteiger partial charge in [-0.1, -0.05) is 57.4 Å². The van der Waals surface area contributed by atoms with Crippen molar-refractivity contribution in [3.63, 3.8) is 0 Å². The van der Waals surface area contributed by atoms with E-state index in [1.807, 2.05) is 48.5 Å². The highest BCUT2D eigenvalue weighted by Crippen LogP contribution is 2.21. The minimum atomic E-state index is -0.608. The Balaban J connectivity index is 1.69. The molecular formula is C28H38N2O4. The fourth-order valence-corrected chi connectivity index (χ4v) is 4.26. The van der Waals surface area contributed by atoms with Crippen molar-refractivity contribution >= 4 is 11.8 Å². The van der Waals surface area contributed by atoms with Crippen LogP contribution in [0.25, 0.3) is 0 Å². The van der Waals surface area contributed by atoms with Crippen LogP contribution in [0, 0.1) is 0 Å². The number of hydrogen-bond donors (Lipinski definition) is 1. The molecule has 1 N–H and O–H groups in total. The fraction of sp³-hybridized carbons (Fsp3) is 0.500. The molecule has 3 rings (SSSR count). The summed E-state index contributed by atoms with van der Waals surface area (Å²) in [6.45, 7) is 6.25. The Labute approximate surface area is 203 Å². The van der Waals surface area contributed by atoms with Gasteiger partial charge in [0, 0.05) is 12.6 Å². The van der Waals surface area contributed by atoms with E-state index < -0.39 is 6.04 Å². The molecule has 6 nitrogen and oxygen atoms in total. The molecule has 0 spiro atoms. The van der Waals surface area contributed by atoms with E-state index in [2.05, 4.69) is 19.2 Å². The zero-order valence-corrected chi connectivity index (χ0v) is 20.9. The zero-order valence-electron chi connectivity index (χ0n) is 20.9. The first-order valence-corrected chi connectivity index (χ1v) is 12.3. The number of carbonyl (C=O) groups excluding carboxylic acids is 2. The lowest BCUT2D eigenvalue weighted by Gasteiger charge is -2.31. The highest BCUT2D eigenvalue weighted by molar-refractivity contribution is 5.88. The predicted molar refractivity (Wildman–Crippen MR) is 134 cm³/mol. The van der Waals surface area contributed by atoms with Crippen LogP contribution >= 0.6 is 0 Å². The van der Waals surface area contributed by atoms with Gasteiger partial charge in [0.1, 0.15) is 17.5 Å². The van der Waals surface area contributed by atoms with Gasteiger partial charge in [0.2, 0.25) is 5.91 Å². The maximum absolute atomic E-state index is 13.3.